The zero-order valence-electron chi connectivity index (χ0n) is 12.3. The molecule has 0 saturated carbocycles. The summed E-state index contributed by atoms with van der Waals surface area (Å²) in [5.41, 5.74) is 8.38. The molecule has 0 saturated heterocycles. The Bertz CT molecular complexity index is 901. The second kappa shape index (κ2) is 6.38. The van der Waals surface area contributed by atoms with Gasteiger partial charge in [-0.3, -0.25) is 0 Å². The average molecular weight is 326 g/mol. The van der Waals surface area contributed by atoms with Crippen LogP contribution in [-0.4, -0.2) is 16.6 Å². The number of aromatic amines is 1. The van der Waals surface area contributed by atoms with Crippen LogP contribution in [0.1, 0.15) is 5.56 Å². The molecule has 120 valence electrons. The number of hydrogen-bond donors (Lipinski definition) is 2. The largest absolute Gasteiger partial charge is 0.435 e. The summed E-state index contributed by atoms with van der Waals surface area (Å²) in [6.45, 7) is -2.92. The lowest BCUT2D eigenvalue weighted by atomic mass is 9.99. The first-order valence-electron chi connectivity index (χ1n) is 6.98. The Labute approximate surface area is 136 Å². The number of nitriles is 1. The lowest BCUT2D eigenvalue weighted by molar-refractivity contribution is -0.0498. The maximum absolute atomic E-state index is 12.4. The molecule has 2 heterocycles. The second-order valence-corrected chi connectivity index (χ2v) is 4.92. The molecule has 0 aliphatic carbocycles. The number of nitrogen functional groups attached to an aromatic ring is 1. The molecule has 0 unspecified atom stereocenters. The molecule has 0 bridgehead atoms. The summed E-state index contributed by atoms with van der Waals surface area (Å²) < 4.78 is 29.2. The monoisotopic (exact) mass is 326 g/mol. The van der Waals surface area contributed by atoms with Crippen LogP contribution in [0.5, 0.6) is 5.75 Å². The highest BCUT2D eigenvalue weighted by molar-refractivity contribution is 5.80. The number of ether oxygens (including phenoxy) is 1. The Morgan fingerprint density at radius 3 is 2.71 bits per heavy atom. The van der Waals surface area contributed by atoms with Gasteiger partial charge in [-0.15, -0.1) is 0 Å². The number of anilines is 1. The van der Waals surface area contributed by atoms with Crippen molar-refractivity contribution in [1.29, 1.82) is 5.26 Å². The quantitative estimate of drug-likeness (QED) is 0.763. The molecule has 1 aromatic carbocycles. The van der Waals surface area contributed by atoms with E-state index in [1.807, 2.05) is 18.2 Å². The molecule has 0 radical (unpaired) electrons. The third-order valence-electron chi connectivity index (χ3n) is 3.40. The molecule has 3 rings (SSSR count). The Balaban J connectivity index is 2.14. The van der Waals surface area contributed by atoms with Crippen molar-refractivity contribution in [3.05, 3.63) is 54.2 Å². The molecule has 0 aliphatic heterocycles. The lowest BCUT2D eigenvalue weighted by Crippen LogP contribution is -2.02. The number of nitrogens with two attached hydrogens (primary N) is 1. The van der Waals surface area contributed by atoms with E-state index in [9.17, 15) is 14.0 Å². The standard InChI is InChI=1S/C17H12F2N4O/c18-17(19)24-11-4-1-3-10(7-11)12-8-15(14-5-2-6-22-14)23-16(21)13(12)9-20/h1-8,17,22H,(H2,21,23). The van der Waals surface area contributed by atoms with E-state index in [1.54, 1.807) is 24.4 Å². The highest BCUT2D eigenvalue weighted by atomic mass is 19.3. The molecule has 2 aromatic heterocycles. The molecule has 0 amide bonds. The maximum atomic E-state index is 12.4. The highest BCUT2D eigenvalue weighted by Crippen LogP contribution is 2.32. The van der Waals surface area contributed by atoms with Crippen molar-refractivity contribution < 1.29 is 13.5 Å². The molecule has 24 heavy (non-hydrogen) atoms. The number of H-pyrrole nitrogens is 1. The van der Waals surface area contributed by atoms with Crippen LogP contribution in [0.15, 0.2) is 48.7 Å². The van der Waals surface area contributed by atoms with Crippen molar-refractivity contribution in [3.8, 4) is 34.3 Å². The summed E-state index contributed by atoms with van der Waals surface area (Å²) in [7, 11) is 0. The average Bonchev–Trinajstić information content (AvgIpc) is 3.08. The van der Waals surface area contributed by atoms with E-state index in [1.165, 1.54) is 12.1 Å². The minimum atomic E-state index is -2.92. The second-order valence-electron chi connectivity index (χ2n) is 4.92. The van der Waals surface area contributed by atoms with E-state index in [0.717, 1.165) is 5.69 Å². The Kier molecular flexibility index (Phi) is 4.12. The maximum Gasteiger partial charge on any atom is 0.387 e. The smallest absolute Gasteiger partial charge is 0.387 e. The zero-order valence-corrected chi connectivity index (χ0v) is 12.3. The first-order valence-corrected chi connectivity index (χ1v) is 6.98. The highest BCUT2D eigenvalue weighted by Gasteiger charge is 2.15. The van der Waals surface area contributed by atoms with E-state index in [-0.39, 0.29) is 17.1 Å². The summed E-state index contributed by atoms with van der Waals surface area (Å²) >= 11 is 0. The normalized spacial score (nSPS) is 10.6. The zero-order chi connectivity index (χ0) is 17.1. The van der Waals surface area contributed by atoms with Crippen molar-refractivity contribution in [1.82, 2.24) is 9.97 Å². The summed E-state index contributed by atoms with van der Waals surface area (Å²) in [6, 6.07) is 13.4. The molecule has 3 N–H and O–H groups in total. The molecule has 0 fully saturated rings. The van der Waals surface area contributed by atoms with E-state index in [2.05, 4.69) is 14.7 Å². The molecule has 0 atom stereocenters. The van der Waals surface area contributed by atoms with Gasteiger partial charge in [0.05, 0.1) is 11.4 Å². The van der Waals surface area contributed by atoms with Gasteiger partial charge >= 0.3 is 6.61 Å². The van der Waals surface area contributed by atoms with Crippen LogP contribution >= 0.6 is 0 Å². The van der Waals surface area contributed by atoms with Crippen LogP contribution in [0.2, 0.25) is 0 Å². The van der Waals surface area contributed by atoms with Gasteiger partial charge < -0.3 is 15.5 Å². The number of halogens is 2. The number of nitrogens with one attached hydrogen (secondary N) is 1. The molecular formula is C17H12F2N4O. The number of hydrogen-bond acceptors (Lipinski definition) is 4. The first-order chi connectivity index (χ1) is 11.6. The molecule has 5 nitrogen and oxygen atoms in total. The van der Waals surface area contributed by atoms with Crippen LogP contribution in [0.25, 0.3) is 22.5 Å². The van der Waals surface area contributed by atoms with Gasteiger partial charge in [-0.1, -0.05) is 12.1 Å². The van der Waals surface area contributed by atoms with Crippen LogP contribution in [0.4, 0.5) is 14.6 Å². The van der Waals surface area contributed by atoms with Gasteiger partial charge in [0.2, 0.25) is 0 Å². The molecule has 0 spiro atoms. The summed E-state index contributed by atoms with van der Waals surface area (Å²) in [5, 5.41) is 9.37. The fourth-order valence-corrected chi connectivity index (χ4v) is 2.38. The third kappa shape index (κ3) is 3.03. The summed E-state index contributed by atoms with van der Waals surface area (Å²) in [5.74, 6) is 0.0722. The fourth-order valence-electron chi connectivity index (χ4n) is 2.38. The van der Waals surface area contributed by atoms with Gasteiger partial charge in [0.1, 0.15) is 23.2 Å². The molecule has 0 aliphatic rings. The van der Waals surface area contributed by atoms with Crippen LogP contribution < -0.4 is 10.5 Å². The Morgan fingerprint density at radius 1 is 1.21 bits per heavy atom. The van der Waals surface area contributed by atoms with Gasteiger partial charge in [-0.25, -0.2) is 4.98 Å². The minimum Gasteiger partial charge on any atom is -0.435 e. The number of alkyl halides is 2. The van der Waals surface area contributed by atoms with Crippen LogP contribution in [0, 0.1) is 11.3 Å². The number of aromatic nitrogens is 2. The van der Waals surface area contributed by atoms with Gasteiger partial charge in [0.15, 0.2) is 0 Å². The van der Waals surface area contributed by atoms with Crippen LogP contribution in [-0.2, 0) is 0 Å². The fraction of sp³-hybridized carbons (Fsp3) is 0.0588. The van der Waals surface area contributed by atoms with Gasteiger partial charge in [-0.05, 0) is 35.9 Å². The number of pyridine rings is 1. The van der Waals surface area contributed by atoms with Crippen molar-refractivity contribution in [2.45, 2.75) is 6.61 Å². The Morgan fingerprint density at radius 2 is 2.04 bits per heavy atom. The lowest BCUT2D eigenvalue weighted by Gasteiger charge is -2.11. The third-order valence-corrected chi connectivity index (χ3v) is 3.40. The number of benzene rings is 1. The van der Waals surface area contributed by atoms with Gasteiger partial charge in [0, 0.05) is 11.8 Å². The van der Waals surface area contributed by atoms with Crippen molar-refractivity contribution in [2.24, 2.45) is 0 Å². The first kappa shape index (κ1) is 15.5. The summed E-state index contributed by atoms with van der Waals surface area (Å²) in [6.07, 6.45) is 1.74. The molecule has 7 heteroatoms. The van der Waals surface area contributed by atoms with E-state index < -0.39 is 6.61 Å². The SMILES string of the molecule is N#Cc1c(-c2cccc(OC(F)F)c2)cc(-c2ccc[nH]2)nc1N. The van der Waals surface area contributed by atoms with Gasteiger partial charge in [-0.2, -0.15) is 14.0 Å². The van der Waals surface area contributed by atoms with Crippen molar-refractivity contribution in [3.63, 3.8) is 0 Å². The van der Waals surface area contributed by atoms with Crippen molar-refractivity contribution >= 4 is 5.82 Å². The summed E-state index contributed by atoms with van der Waals surface area (Å²) in [4.78, 5) is 7.23. The predicted molar refractivity (Wildman–Crippen MR) is 85.2 cm³/mol. The number of rotatable bonds is 4. The van der Waals surface area contributed by atoms with Gasteiger partial charge in [0.25, 0.3) is 0 Å². The minimum absolute atomic E-state index is 0.00296. The molecule has 3 aromatic rings. The van der Waals surface area contributed by atoms with E-state index >= 15 is 0 Å². The van der Waals surface area contributed by atoms with Crippen molar-refractivity contribution in [2.75, 3.05) is 5.73 Å². The Hall–Kier alpha value is -3.40. The predicted octanol–water partition coefficient (Wildman–Crippen LogP) is 3.80. The van der Waals surface area contributed by atoms with E-state index in [4.69, 9.17) is 5.73 Å². The molecular weight excluding hydrogens is 314 g/mol. The number of nitrogens with zero attached hydrogens (tertiary/aromatic N) is 2. The topological polar surface area (TPSA) is 87.7 Å². The van der Waals surface area contributed by atoms with E-state index in [0.29, 0.717) is 16.8 Å². The van der Waals surface area contributed by atoms with Crippen LogP contribution in [0.3, 0.4) is 0 Å².